The zero-order valence-corrected chi connectivity index (χ0v) is 10.9. The van der Waals surface area contributed by atoms with E-state index in [2.05, 4.69) is 19.2 Å². The lowest BCUT2D eigenvalue weighted by atomic mass is 10.1. The Morgan fingerprint density at radius 3 is 2.56 bits per heavy atom. The standard InChI is InChI=1S/C13H28N2O/c1-3-4-5-6-7-8-13(16)15-11-12(2)9-10-14/h12H,3-11,14H2,1-2H3,(H,15,16). The van der Waals surface area contributed by atoms with E-state index in [0.29, 0.717) is 18.9 Å². The first-order chi connectivity index (χ1) is 7.70. The molecule has 0 saturated carbocycles. The molecule has 0 bridgehead atoms. The van der Waals surface area contributed by atoms with Crippen molar-refractivity contribution in [3.05, 3.63) is 0 Å². The van der Waals surface area contributed by atoms with E-state index in [0.717, 1.165) is 19.4 Å². The number of nitrogens with one attached hydrogen (secondary N) is 1. The van der Waals surface area contributed by atoms with Crippen molar-refractivity contribution < 1.29 is 4.79 Å². The van der Waals surface area contributed by atoms with Gasteiger partial charge in [-0.2, -0.15) is 0 Å². The van der Waals surface area contributed by atoms with Gasteiger partial charge in [-0.15, -0.1) is 0 Å². The molecule has 3 nitrogen and oxygen atoms in total. The van der Waals surface area contributed by atoms with Gasteiger partial charge in [0.2, 0.25) is 5.91 Å². The summed E-state index contributed by atoms with van der Waals surface area (Å²) in [6.45, 7) is 5.79. The second-order valence-corrected chi connectivity index (χ2v) is 4.65. The molecule has 0 fully saturated rings. The first kappa shape index (κ1) is 15.4. The fraction of sp³-hybridized carbons (Fsp3) is 0.923. The predicted octanol–water partition coefficient (Wildman–Crippen LogP) is 2.45. The SMILES string of the molecule is CCCCCCCC(=O)NCC(C)CCN. The molecule has 0 aliphatic heterocycles. The van der Waals surface area contributed by atoms with Crippen molar-refractivity contribution in [2.75, 3.05) is 13.1 Å². The number of carbonyl (C=O) groups is 1. The minimum absolute atomic E-state index is 0.195. The van der Waals surface area contributed by atoms with Crippen LogP contribution >= 0.6 is 0 Å². The van der Waals surface area contributed by atoms with Gasteiger partial charge in [0.25, 0.3) is 0 Å². The highest BCUT2D eigenvalue weighted by Crippen LogP contribution is 2.05. The molecule has 0 radical (unpaired) electrons. The molecule has 0 aliphatic carbocycles. The molecule has 0 heterocycles. The van der Waals surface area contributed by atoms with Gasteiger partial charge in [-0.1, -0.05) is 39.5 Å². The van der Waals surface area contributed by atoms with Gasteiger partial charge in [0.1, 0.15) is 0 Å². The van der Waals surface area contributed by atoms with E-state index in [4.69, 9.17) is 5.73 Å². The van der Waals surface area contributed by atoms with Crippen molar-refractivity contribution >= 4 is 5.91 Å². The van der Waals surface area contributed by atoms with E-state index in [-0.39, 0.29) is 5.91 Å². The minimum atomic E-state index is 0.195. The van der Waals surface area contributed by atoms with Crippen LogP contribution in [0.3, 0.4) is 0 Å². The summed E-state index contributed by atoms with van der Waals surface area (Å²) in [5, 5.41) is 2.96. The molecule has 1 amide bonds. The summed E-state index contributed by atoms with van der Waals surface area (Å²) >= 11 is 0. The zero-order chi connectivity index (χ0) is 12.2. The molecular weight excluding hydrogens is 200 g/mol. The lowest BCUT2D eigenvalue weighted by Crippen LogP contribution is -2.28. The molecule has 3 heteroatoms. The number of amides is 1. The maximum absolute atomic E-state index is 11.4. The maximum Gasteiger partial charge on any atom is 0.220 e. The minimum Gasteiger partial charge on any atom is -0.356 e. The fourth-order valence-electron chi connectivity index (χ4n) is 1.65. The monoisotopic (exact) mass is 228 g/mol. The van der Waals surface area contributed by atoms with Crippen molar-refractivity contribution in [1.82, 2.24) is 5.32 Å². The van der Waals surface area contributed by atoms with Crippen molar-refractivity contribution in [1.29, 1.82) is 0 Å². The summed E-state index contributed by atoms with van der Waals surface area (Å²) in [4.78, 5) is 11.4. The average Bonchev–Trinajstić information content (AvgIpc) is 2.26. The van der Waals surface area contributed by atoms with Gasteiger partial charge >= 0.3 is 0 Å². The Balaban J connectivity index is 3.30. The highest BCUT2D eigenvalue weighted by atomic mass is 16.1. The summed E-state index contributed by atoms with van der Waals surface area (Å²) in [6.07, 6.45) is 7.66. The van der Waals surface area contributed by atoms with Crippen molar-refractivity contribution in [3.63, 3.8) is 0 Å². The third kappa shape index (κ3) is 9.97. The number of nitrogens with two attached hydrogens (primary N) is 1. The Labute approximate surface area is 100 Å². The van der Waals surface area contributed by atoms with E-state index in [1.165, 1.54) is 25.7 Å². The second kappa shape index (κ2) is 10.9. The number of rotatable bonds is 10. The lowest BCUT2D eigenvalue weighted by molar-refractivity contribution is -0.121. The first-order valence-corrected chi connectivity index (χ1v) is 6.67. The molecule has 0 aromatic carbocycles. The Kier molecular flexibility index (Phi) is 10.5. The van der Waals surface area contributed by atoms with Crippen LogP contribution in [0.15, 0.2) is 0 Å². The van der Waals surface area contributed by atoms with E-state index >= 15 is 0 Å². The van der Waals surface area contributed by atoms with Crippen LogP contribution in [0, 0.1) is 5.92 Å². The lowest BCUT2D eigenvalue weighted by Gasteiger charge is -2.11. The molecule has 3 N–H and O–H groups in total. The molecule has 0 rings (SSSR count). The second-order valence-electron chi connectivity index (χ2n) is 4.65. The average molecular weight is 228 g/mol. The molecule has 0 aromatic rings. The number of hydrogen-bond donors (Lipinski definition) is 2. The van der Waals surface area contributed by atoms with Crippen molar-refractivity contribution in [3.8, 4) is 0 Å². The number of unbranched alkanes of at least 4 members (excludes halogenated alkanes) is 4. The van der Waals surface area contributed by atoms with Crippen LogP contribution in [0.1, 0.15) is 58.8 Å². The smallest absolute Gasteiger partial charge is 0.220 e. The molecule has 96 valence electrons. The Bertz CT molecular complexity index is 171. The zero-order valence-electron chi connectivity index (χ0n) is 10.9. The normalized spacial score (nSPS) is 12.4. The van der Waals surface area contributed by atoms with Crippen LogP contribution in [0.2, 0.25) is 0 Å². The Hall–Kier alpha value is -0.570. The fourth-order valence-corrected chi connectivity index (χ4v) is 1.65. The summed E-state index contributed by atoms with van der Waals surface area (Å²) in [7, 11) is 0. The summed E-state index contributed by atoms with van der Waals surface area (Å²) in [6, 6.07) is 0. The topological polar surface area (TPSA) is 55.1 Å². The molecule has 1 unspecified atom stereocenters. The van der Waals surface area contributed by atoms with Crippen LogP contribution < -0.4 is 11.1 Å². The van der Waals surface area contributed by atoms with Crippen LogP contribution in [-0.4, -0.2) is 19.0 Å². The van der Waals surface area contributed by atoms with E-state index in [1.807, 2.05) is 0 Å². The van der Waals surface area contributed by atoms with Crippen LogP contribution in [0.5, 0.6) is 0 Å². The predicted molar refractivity (Wildman–Crippen MR) is 69.2 cm³/mol. The molecule has 0 aromatic heterocycles. The van der Waals surface area contributed by atoms with Gasteiger partial charge in [0.05, 0.1) is 0 Å². The van der Waals surface area contributed by atoms with Crippen molar-refractivity contribution in [2.45, 2.75) is 58.8 Å². The van der Waals surface area contributed by atoms with Gasteiger partial charge in [0, 0.05) is 13.0 Å². The van der Waals surface area contributed by atoms with E-state index < -0.39 is 0 Å². The van der Waals surface area contributed by atoms with Gasteiger partial charge < -0.3 is 11.1 Å². The van der Waals surface area contributed by atoms with E-state index in [9.17, 15) is 4.79 Å². The highest BCUT2D eigenvalue weighted by Gasteiger charge is 2.04. The van der Waals surface area contributed by atoms with Gasteiger partial charge in [-0.25, -0.2) is 0 Å². The third-order valence-corrected chi connectivity index (χ3v) is 2.81. The summed E-state index contributed by atoms with van der Waals surface area (Å²) in [5.74, 6) is 0.689. The molecule has 16 heavy (non-hydrogen) atoms. The summed E-state index contributed by atoms with van der Waals surface area (Å²) in [5.41, 5.74) is 5.45. The number of hydrogen-bond acceptors (Lipinski definition) is 2. The van der Waals surface area contributed by atoms with Crippen LogP contribution in [0.25, 0.3) is 0 Å². The molecular formula is C13H28N2O. The molecule has 0 saturated heterocycles. The molecule has 1 atom stereocenters. The van der Waals surface area contributed by atoms with Gasteiger partial charge in [-0.3, -0.25) is 4.79 Å². The highest BCUT2D eigenvalue weighted by molar-refractivity contribution is 5.75. The van der Waals surface area contributed by atoms with Crippen molar-refractivity contribution in [2.24, 2.45) is 11.7 Å². The largest absolute Gasteiger partial charge is 0.356 e. The van der Waals surface area contributed by atoms with E-state index in [1.54, 1.807) is 0 Å². The first-order valence-electron chi connectivity index (χ1n) is 6.67. The molecule has 0 aliphatic rings. The summed E-state index contributed by atoms with van der Waals surface area (Å²) < 4.78 is 0. The quantitative estimate of drug-likeness (QED) is 0.564. The van der Waals surface area contributed by atoms with Crippen LogP contribution in [-0.2, 0) is 4.79 Å². The third-order valence-electron chi connectivity index (χ3n) is 2.81. The van der Waals surface area contributed by atoms with Gasteiger partial charge in [0.15, 0.2) is 0 Å². The Morgan fingerprint density at radius 2 is 1.94 bits per heavy atom. The molecule has 0 spiro atoms. The Morgan fingerprint density at radius 1 is 1.25 bits per heavy atom. The maximum atomic E-state index is 11.4. The van der Waals surface area contributed by atoms with Gasteiger partial charge in [-0.05, 0) is 25.3 Å². The van der Waals surface area contributed by atoms with Crippen LogP contribution in [0.4, 0.5) is 0 Å². The number of carbonyl (C=O) groups excluding carboxylic acids is 1.